The van der Waals surface area contributed by atoms with E-state index in [2.05, 4.69) is 17.9 Å². The van der Waals surface area contributed by atoms with Crippen molar-refractivity contribution in [3.8, 4) is 5.75 Å². The van der Waals surface area contributed by atoms with Gasteiger partial charge in [-0.2, -0.15) is 0 Å². The summed E-state index contributed by atoms with van der Waals surface area (Å²) >= 11 is 0. The van der Waals surface area contributed by atoms with Crippen LogP contribution in [-0.4, -0.2) is 69.0 Å². The van der Waals surface area contributed by atoms with Gasteiger partial charge in [0.2, 0.25) is 0 Å². The molecule has 28 heavy (non-hydrogen) atoms. The van der Waals surface area contributed by atoms with Gasteiger partial charge in [0, 0.05) is 32.3 Å². The van der Waals surface area contributed by atoms with E-state index >= 15 is 0 Å². The molecule has 1 aromatic rings. The smallest absolute Gasteiger partial charge is 0.188 e. The van der Waals surface area contributed by atoms with Crippen LogP contribution in [0.5, 0.6) is 5.75 Å². The molecule has 2 heterocycles. The second-order valence-electron chi connectivity index (χ2n) is 6.37. The fraction of sp³-hybridized carbons (Fsp3) is 0.476. The zero-order valence-electron chi connectivity index (χ0n) is 16.9. The number of rotatable bonds is 6. The van der Waals surface area contributed by atoms with Gasteiger partial charge in [-0.1, -0.05) is 25.1 Å². The number of ether oxygens (including phenoxy) is 3. The summed E-state index contributed by atoms with van der Waals surface area (Å²) in [5, 5.41) is 0. The Kier molecular flexibility index (Phi) is 7.33. The van der Waals surface area contributed by atoms with Crippen LogP contribution in [0, 0.1) is 0 Å². The molecule has 1 saturated heterocycles. The van der Waals surface area contributed by atoms with Gasteiger partial charge in [0.05, 0.1) is 18.9 Å². The molecule has 0 unspecified atom stereocenters. The van der Waals surface area contributed by atoms with E-state index < -0.39 is 0 Å². The van der Waals surface area contributed by atoms with E-state index in [0.29, 0.717) is 25.6 Å². The minimum absolute atomic E-state index is 0.201. The minimum atomic E-state index is 0.201. The van der Waals surface area contributed by atoms with E-state index in [9.17, 15) is 0 Å². The Morgan fingerprint density at radius 2 is 2.04 bits per heavy atom. The first-order chi connectivity index (χ1) is 13.8. The van der Waals surface area contributed by atoms with Gasteiger partial charge in [-0.3, -0.25) is 4.99 Å². The average Bonchev–Trinajstić information content (AvgIpc) is 2.74. The standard InChI is InChI=1S/C21H28N4O3/c1-4-7-18-19(22-5-2)21(25-10-12-27-13-11-25)24-20(23-18)16-8-6-9-17(14-16)28-15-26-3/h6-9,14H,4-5,10-13,15H2,1-3H3/b18-7+,22-19?. The van der Waals surface area contributed by atoms with Gasteiger partial charge in [-0.15, -0.1) is 0 Å². The van der Waals surface area contributed by atoms with Gasteiger partial charge in [0.15, 0.2) is 18.5 Å². The summed E-state index contributed by atoms with van der Waals surface area (Å²) in [6, 6.07) is 7.76. The van der Waals surface area contributed by atoms with Gasteiger partial charge in [-0.25, -0.2) is 9.98 Å². The van der Waals surface area contributed by atoms with Crippen molar-refractivity contribution >= 4 is 17.4 Å². The zero-order chi connectivity index (χ0) is 19.8. The van der Waals surface area contributed by atoms with Gasteiger partial charge < -0.3 is 19.1 Å². The number of aliphatic imine (C=N–C) groups is 3. The molecule has 2 aliphatic rings. The van der Waals surface area contributed by atoms with Crippen LogP contribution in [0.4, 0.5) is 0 Å². The molecule has 7 heteroatoms. The highest BCUT2D eigenvalue weighted by Crippen LogP contribution is 2.21. The van der Waals surface area contributed by atoms with Crippen molar-refractivity contribution in [1.82, 2.24) is 4.90 Å². The number of morpholine rings is 1. The molecule has 3 rings (SSSR count). The number of hydrogen-bond donors (Lipinski definition) is 0. The summed E-state index contributed by atoms with van der Waals surface area (Å²) in [5.41, 5.74) is 2.64. The molecular weight excluding hydrogens is 356 g/mol. The number of amidine groups is 2. The second kappa shape index (κ2) is 10.1. The molecule has 1 fully saturated rings. The Balaban J connectivity index is 2.01. The van der Waals surface area contributed by atoms with Crippen LogP contribution in [0.2, 0.25) is 0 Å². The van der Waals surface area contributed by atoms with Gasteiger partial charge >= 0.3 is 0 Å². The zero-order valence-corrected chi connectivity index (χ0v) is 16.9. The van der Waals surface area contributed by atoms with E-state index in [1.807, 2.05) is 31.2 Å². The maximum Gasteiger partial charge on any atom is 0.188 e. The van der Waals surface area contributed by atoms with E-state index in [4.69, 9.17) is 29.2 Å². The first-order valence-electron chi connectivity index (χ1n) is 9.74. The SMILES string of the molecule is CC/C=C1/N=C(c2cccc(OCOC)c2)N=C(N2CCOCC2)C1=NCC. The Morgan fingerprint density at radius 1 is 1.21 bits per heavy atom. The Morgan fingerprint density at radius 3 is 2.75 bits per heavy atom. The molecule has 0 N–H and O–H groups in total. The average molecular weight is 384 g/mol. The van der Waals surface area contributed by atoms with Crippen LogP contribution in [0.25, 0.3) is 0 Å². The van der Waals surface area contributed by atoms with E-state index in [1.54, 1.807) is 7.11 Å². The monoisotopic (exact) mass is 384 g/mol. The van der Waals surface area contributed by atoms with Crippen molar-refractivity contribution in [2.45, 2.75) is 20.3 Å². The van der Waals surface area contributed by atoms with Gasteiger partial charge in [0.25, 0.3) is 0 Å². The molecule has 0 amide bonds. The van der Waals surface area contributed by atoms with Crippen molar-refractivity contribution in [3.05, 3.63) is 41.6 Å². The van der Waals surface area contributed by atoms with E-state index in [1.165, 1.54) is 0 Å². The Bertz CT molecular complexity index is 793. The lowest BCUT2D eigenvalue weighted by Crippen LogP contribution is -2.46. The molecular formula is C21H28N4O3. The first kappa shape index (κ1) is 20.2. The molecule has 0 radical (unpaired) electrons. The van der Waals surface area contributed by atoms with Crippen LogP contribution in [0.1, 0.15) is 25.8 Å². The maximum atomic E-state index is 5.57. The van der Waals surface area contributed by atoms with E-state index in [0.717, 1.165) is 48.1 Å². The molecule has 0 spiro atoms. The molecule has 0 aromatic heterocycles. The van der Waals surface area contributed by atoms with Crippen LogP contribution < -0.4 is 4.74 Å². The summed E-state index contributed by atoms with van der Waals surface area (Å²) < 4.78 is 16.1. The summed E-state index contributed by atoms with van der Waals surface area (Å²) in [7, 11) is 1.60. The van der Waals surface area contributed by atoms with Crippen LogP contribution >= 0.6 is 0 Å². The minimum Gasteiger partial charge on any atom is -0.468 e. The van der Waals surface area contributed by atoms with Crippen molar-refractivity contribution < 1.29 is 14.2 Å². The predicted octanol–water partition coefficient (Wildman–Crippen LogP) is 2.92. The van der Waals surface area contributed by atoms with Crippen molar-refractivity contribution in [2.75, 3.05) is 46.8 Å². The molecule has 150 valence electrons. The lowest BCUT2D eigenvalue weighted by Gasteiger charge is -2.32. The molecule has 0 bridgehead atoms. The van der Waals surface area contributed by atoms with Gasteiger partial charge in [-0.05, 0) is 25.5 Å². The molecule has 0 aliphatic carbocycles. The normalized spacial score (nSPS) is 20.3. The lowest BCUT2D eigenvalue weighted by molar-refractivity contribution is 0.0511. The maximum absolute atomic E-state index is 5.57. The van der Waals surface area contributed by atoms with Crippen LogP contribution in [0.3, 0.4) is 0 Å². The number of allylic oxidation sites excluding steroid dienone is 1. The summed E-state index contributed by atoms with van der Waals surface area (Å²) in [6.45, 7) is 8.00. The summed E-state index contributed by atoms with van der Waals surface area (Å²) in [6.07, 6.45) is 2.98. The fourth-order valence-electron chi connectivity index (χ4n) is 3.08. The third-order valence-electron chi connectivity index (χ3n) is 4.35. The second-order valence-corrected chi connectivity index (χ2v) is 6.37. The molecule has 0 saturated carbocycles. The highest BCUT2D eigenvalue weighted by Gasteiger charge is 2.27. The Hall–Kier alpha value is -2.51. The fourth-order valence-corrected chi connectivity index (χ4v) is 3.08. The third kappa shape index (κ3) is 4.85. The number of nitrogens with zero attached hydrogens (tertiary/aromatic N) is 4. The Labute approximate surface area is 166 Å². The quantitative estimate of drug-likeness (QED) is 0.707. The first-order valence-corrected chi connectivity index (χ1v) is 9.74. The third-order valence-corrected chi connectivity index (χ3v) is 4.35. The molecule has 1 aromatic carbocycles. The van der Waals surface area contributed by atoms with Crippen molar-refractivity contribution in [2.24, 2.45) is 15.0 Å². The van der Waals surface area contributed by atoms with Crippen molar-refractivity contribution in [3.63, 3.8) is 0 Å². The number of benzene rings is 1. The highest BCUT2D eigenvalue weighted by atomic mass is 16.7. The molecule has 0 atom stereocenters. The van der Waals surface area contributed by atoms with Crippen LogP contribution in [-0.2, 0) is 9.47 Å². The van der Waals surface area contributed by atoms with Gasteiger partial charge in [0.1, 0.15) is 11.5 Å². The molecule has 7 nitrogen and oxygen atoms in total. The summed E-state index contributed by atoms with van der Waals surface area (Å²) in [5.74, 6) is 2.26. The highest BCUT2D eigenvalue weighted by molar-refractivity contribution is 6.50. The largest absolute Gasteiger partial charge is 0.468 e. The van der Waals surface area contributed by atoms with E-state index in [-0.39, 0.29) is 6.79 Å². The number of hydrogen-bond acceptors (Lipinski definition) is 7. The van der Waals surface area contributed by atoms with Crippen molar-refractivity contribution in [1.29, 1.82) is 0 Å². The molecule has 2 aliphatic heterocycles. The number of methoxy groups -OCH3 is 1. The predicted molar refractivity (Wildman–Crippen MR) is 112 cm³/mol. The van der Waals surface area contributed by atoms with Crippen LogP contribution in [0.15, 0.2) is 51.0 Å². The summed E-state index contributed by atoms with van der Waals surface area (Å²) in [4.78, 5) is 16.7. The lowest BCUT2D eigenvalue weighted by atomic mass is 10.1. The topological polar surface area (TPSA) is 68.0 Å².